The Morgan fingerprint density at radius 3 is 2.65 bits per heavy atom. The lowest BCUT2D eigenvalue weighted by Gasteiger charge is -2.56. The van der Waals surface area contributed by atoms with E-state index in [4.69, 9.17) is 4.74 Å². The molecule has 5 heteroatoms. The first-order chi connectivity index (χ1) is 15.0. The topological polar surface area (TPSA) is 49.9 Å². The van der Waals surface area contributed by atoms with Crippen LogP contribution in [0.25, 0.3) is 0 Å². The van der Waals surface area contributed by atoms with Crippen molar-refractivity contribution in [3.05, 3.63) is 41.0 Å². The van der Waals surface area contributed by atoms with Gasteiger partial charge in [-0.2, -0.15) is 0 Å². The van der Waals surface area contributed by atoms with E-state index in [0.717, 1.165) is 48.3 Å². The summed E-state index contributed by atoms with van der Waals surface area (Å²) in [6.45, 7) is 6.08. The predicted molar refractivity (Wildman–Crippen MR) is 118 cm³/mol. The zero-order chi connectivity index (χ0) is 21.2. The Labute approximate surface area is 184 Å². The van der Waals surface area contributed by atoms with E-state index in [9.17, 15) is 9.59 Å². The molecule has 164 valence electrons. The second kappa shape index (κ2) is 6.93. The number of fused-ring (bicyclic) bond motifs is 2. The zero-order valence-electron chi connectivity index (χ0n) is 18.5. The maximum atomic E-state index is 13.5. The summed E-state index contributed by atoms with van der Waals surface area (Å²) < 4.78 is 6.06. The van der Waals surface area contributed by atoms with Crippen molar-refractivity contribution in [1.82, 2.24) is 9.80 Å². The van der Waals surface area contributed by atoms with E-state index in [-0.39, 0.29) is 17.5 Å². The van der Waals surface area contributed by atoms with Crippen molar-refractivity contribution in [3.8, 4) is 5.75 Å². The highest BCUT2D eigenvalue weighted by molar-refractivity contribution is 6.01. The molecule has 1 atom stereocenters. The van der Waals surface area contributed by atoms with E-state index in [1.165, 1.54) is 32.4 Å². The van der Waals surface area contributed by atoms with E-state index in [1.807, 2.05) is 25.1 Å². The molecule has 3 aliphatic carbocycles. The van der Waals surface area contributed by atoms with Crippen LogP contribution in [-0.4, -0.2) is 53.8 Å². The molecule has 0 aromatic heterocycles. The first-order valence-electron chi connectivity index (χ1n) is 12.0. The van der Waals surface area contributed by atoms with Crippen LogP contribution in [0.15, 0.2) is 29.8 Å². The summed E-state index contributed by atoms with van der Waals surface area (Å²) in [7, 11) is 0. The minimum Gasteiger partial charge on any atom is -0.492 e. The summed E-state index contributed by atoms with van der Waals surface area (Å²) in [4.78, 5) is 30.1. The number of nitrogens with zero attached hydrogens (tertiary/aromatic N) is 2. The maximum Gasteiger partial charge on any atom is 0.255 e. The van der Waals surface area contributed by atoms with Crippen molar-refractivity contribution in [2.24, 2.45) is 5.41 Å². The number of amides is 1. The van der Waals surface area contributed by atoms with Gasteiger partial charge in [-0.15, -0.1) is 0 Å². The number of Topliss-reactive ketones (excluding diaryl/α,β-unsaturated/α-hetero) is 1. The lowest BCUT2D eigenvalue weighted by atomic mass is 9.63. The molecule has 4 fully saturated rings. The van der Waals surface area contributed by atoms with E-state index in [2.05, 4.69) is 15.9 Å². The van der Waals surface area contributed by atoms with Crippen LogP contribution in [0.4, 0.5) is 0 Å². The SMILES string of the molecule is C/C=C1\CC(=O)CCC1N1C(=O)c2cc(OCCN3CC4(CCC4)C3)ccc2C12CC2. The first kappa shape index (κ1) is 19.5. The lowest BCUT2D eigenvalue weighted by molar-refractivity contribution is -0.119. The van der Waals surface area contributed by atoms with Crippen LogP contribution in [0.3, 0.4) is 0 Å². The number of carbonyl (C=O) groups excluding carboxylic acids is 2. The fourth-order valence-electron chi connectivity index (χ4n) is 6.57. The molecule has 5 nitrogen and oxygen atoms in total. The third-order valence-corrected chi connectivity index (χ3v) is 8.54. The molecule has 6 rings (SSSR count). The number of ketones is 1. The predicted octanol–water partition coefficient (Wildman–Crippen LogP) is 4.06. The molecule has 0 radical (unpaired) electrons. The third-order valence-electron chi connectivity index (χ3n) is 8.54. The first-order valence-corrected chi connectivity index (χ1v) is 12.0. The minimum atomic E-state index is -0.154. The van der Waals surface area contributed by atoms with Gasteiger partial charge in [0.05, 0.1) is 11.6 Å². The number of benzene rings is 1. The molecule has 3 saturated carbocycles. The van der Waals surface area contributed by atoms with Crippen LogP contribution < -0.4 is 4.74 Å². The Hall–Kier alpha value is -2.14. The molecule has 31 heavy (non-hydrogen) atoms. The number of hydrogen-bond acceptors (Lipinski definition) is 4. The normalized spacial score (nSPS) is 29.3. The average Bonchev–Trinajstić information content (AvgIpc) is 3.46. The number of allylic oxidation sites excluding steroid dienone is 1. The molecule has 2 aliphatic heterocycles. The van der Waals surface area contributed by atoms with Gasteiger partial charge in [-0.05, 0) is 67.7 Å². The Morgan fingerprint density at radius 1 is 1.16 bits per heavy atom. The number of hydrogen-bond donors (Lipinski definition) is 0. The van der Waals surface area contributed by atoms with Gasteiger partial charge in [0.1, 0.15) is 18.1 Å². The van der Waals surface area contributed by atoms with Crippen molar-refractivity contribution < 1.29 is 14.3 Å². The second-order valence-electron chi connectivity index (χ2n) is 10.5. The van der Waals surface area contributed by atoms with Crippen molar-refractivity contribution >= 4 is 11.7 Å². The fraction of sp³-hybridized carbons (Fsp3) is 0.615. The van der Waals surface area contributed by atoms with E-state index < -0.39 is 0 Å². The molecular weight excluding hydrogens is 388 g/mol. The number of rotatable bonds is 5. The molecule has 1 aromatic rings. The zero-order valence-corrected chi connectivity index (χ0v) is 18.5. The quantitative estimate of drug-likeness (QED) is 0.674. The van der Waals surface area contributed by atoms with Crippen molar-refractivity contribution in [1.29, 1.82) is 0 Å². The summed E-state index contributed by atoms with van der Waals surface area (Å²) in [5.41, 5.74) is 3.57. The van der Waals surface area contributed by atoms with Crippen LogP contribution >= 0.6 is 0 Å². The summed E-state index contributed by atoms with van der Waals surface area (Å²) in [5, 5.41) is 0. The highest BCUT2D eigenvalue weighted by Crippen LogP contribution is 2.59. The smallest absolute Gasteiger partial charge is 0.255 e. The average molecular weight is 421 g/mol. The van der Waals surface area contributed by atoms with Crippen LogP contribution in [0.1, 0.15) is 74.2 Å². The van der Waals surface area contributed by atoms with Crippen molar-refractivity contribution in [3.63, 3.8) is 0 Å². The summed E-state index contributed by atoms with van der Waals surface area (Å²) >= 11 is 0. The van der Waals surface area contributed by atoms with Crippen LogP contribution in [0, 0.1) is 5.41 Å². The van der Waals surface area contributed by atoms with Gasteiger partial charge in [0, 0.05) is 38.0 Å². The molecule has 1 amide bonds. The lowest BCUT2D eigenvalue weighted by Crippen LogP contribution is -2.60. The van der Waals surface area contributed by atoms with Gasteiger partial charge in [-0.1, -0.05) is 18.6 Å². The Bertz CT molecular complexity index is 965. The van der Waals surface area contributed by atoms with Gasteiger partial charge in [0.25, 0.3) is 5.91 Å². The van der Waals surface area contributed by atoms with E-state index >= 15 is 0 Å². The van der Waals surface area contributed by atoms with Gasteiger partial charge in [0.2, 0.25) is 0 Å². The fourth-order valence-corrected chi connectivity index (χ4v) is 6.57. The van der Waals surface area contributed by atoms with E-state index in [1.54, 1.807) is 0 Å². The Kier molecular flexibility index (Phi) is 4.37. The number of likely N-dealkylation sites (tertiary alicyclic amines) is 1. The van der Waals surface area contributed by atoms with Crippen LogP contribution in [0.2, 0.25) is 0 Å². The van der Waals surface area contributed by atoms with Gasteiger partial charge in [0.15, 0.2) is 0 Å². The third kappa shape index (κ3) is 3.00. The van der Waals surface area contributed by atoms with Crippen molar-refractivity contribution in [2.75, 3.05) is 26.2 Å². The molecule has 2 spiro atoms. The monoisotopic (exact) mass is 420 g/mol. The van der Waals surface area contributed by atoms with Gasteiger partial charge < -0.3 is 9.64 Å². The van der Waals surface area contributed by atoms with E-state index in [0.29, 0.717) is 30.6 Å². The van der Waals surface area contributed by atoms with Crippen molar-refractivity contribution in [2.45, 2.75) is 69.9 Å². The number of carbonyl (C=O) groups is 2. The molecule has 1 aromatic carbocycles. The standard InChI is InChI=1S/C26H32N2O3/c1-2-18-14-19(29)4-7-23(18)28-24(30)21-15-20(5-6-22(21)26(28)10-11-26)31-13-12-27-16-25(17-27)8-3-9-25/h2,5-6,15,23H,3-4,7-14,16-17H2,1H3/b18-2+. The second-order valence-corrected chi connectivity index (χ2v) is 10.5. The molecule has 1 unspecified atom stereocenters. The highest BCUT2D eigenvalue weighted by Gasteiger charge is 2.60. The number of ether oxygens (including phenoxy) is 1. The Morgan fingerprint density at radius 2 is 1.97 bits per heavy atom. The van der Waals surface area contributed by atoms with Gasteiger partial charge >= 0.3 is 0 Å². The highest BCUT2D eigenvalue weighted by atomic mass is 16.5. The molecule has 0 bridgehead atoms. The molecular formula is C26H32N2O3. The maximum absolute atomic E-state index is 13.5. The van der Waals surface area contributed by atoms with Gasteiger partial charge in [-0.3, -0.25) is 14.5 Å². The summed E-state index contributed by atoms with van der Waals surface area (Å²) in [6.07, 6.45) is 10.1. The molecule has 5 aliphatic rings. The largest absolute Gasteiger partial charge is 0.492 e. The summed E-state index contributed by atoms with van der Waals surface area (Å²) in [6, 6.07) is 6.18. The van der Waals surface area contributed by atoms with Gasteiger partial charge in [-0.25, -0.2) is 0 Å². The molecule has 2 heterocycles. The molecule has 0 N–H and O–H groups in total. The summed E-state index contributed by atoms with van der Waals surface area (Å²) in [5.74, 6) is 1.21. The minimum absolute atomic E-state index is 0.0553. The molecule has 1 saturated heterocycles. The Balaban J connectivity index is 1.15. The van der Waals surface area contributed by atoms with Crippen LogP contribution in [0.5, 0.6) is 5.75 Å². The van der Waals surface area contributed by atoms with Crippen LogP contribution in [-0.2, 0) is 10.3 Å².